The second kappa shape index (κ2) is 11.0. The monoisotopic (exact) mass is 578 g/mol. The fourth-order valence-electron chi connectivity index (χ4n) is 3.22. The van der Waals surface area contributed by atoms with Gasteiger partial charge < -0.3 is 45.6 Å². The summed E-state index contributed by atoms with van der Waals surface area (Å²) in [4.78, 5) is 48.3. The highest BCUT2D eigenvalue weighted by molar-refractivity contribution is 7.66. The Morgan fingerprint density at radius 3 is 2.44 bits per heavy atom. The van der Waals surface area contributed by atoms with Crippen LogP contribution in [-0.4, -0.2) is 80.8 Å². The molecule has 204 valence electrons. The number of phosphoric acid groups is 3. The molecule has 2 aromatic heterocycles. The number of phosphoric ester groups is 1. The van der Waals surface area contributed by atoms with Crippen molar-refractivity contribution in [1.82, 2.24) is 19.5 Å². The molecule has 1 aliphatic heterocycles. The maximum atomic E-state index is 12.0. The number of ether oxygens (including phenoxy) is 1. The van der Waals surface area contributed by atoms with Crippen molar-refractivity contribution in [2.45, 2.75) is 44.3 Å². The van der Waals surface area contributed by atoms with Crippen LogP contribution in [0.15, 0.2) is 6.33 Å². The summed E-state index contributed by atoms with van der Waals surface area (Å²) in [6.45, 7) is 1.48. The van der Waals surface area contributed by atoms with Gasteiger partial charge in [0.1, 0.15) is 24.6 Å². The largest absolute Gasteiger partial charge is 0.490 e. The number of hydrogen-bond donors (Lipinski definition) is 8. The number of unbranched alkanes of at least 4 members (excludes halogenated alkanes) is 1. The molecule has 0 aromatic carbocycles. The van der Waals surface area contributed by atoms with Crippen molar-refractivity contribution in [2.75, 3.05) is 24.2 Å². The number of hydrogen-bond acceptors (Lipinski definition) is 14. The van der Waals surface area contributed by atoms with Crippen molar-refractivity contribution in [3.8, 4) is 0 Å². The summed E-state index contributed by atoms with van der Waals surface area (Å²) in [5.74, 6) is 0.213. The zero-order valence-corrected chi connectivity index (χ0v) is 21.1. The number of nitrogen functional groups attached to an aromatic ring is 1. The highest BCUT2D eigenvalue weighted by atomic mass is 31.3. The minimum absolute atomic E-state index is 0.0366. The normalized spacial score (nSPS) is 26.1. The molecule has 22 heteroatoms. The Morgan fingerprint density at radius 2 is 1.81 bits per heavy atom. The first-order valence-electron chi connectivity index (χ1n) is 10.2. The summed E-state index contributed by atoms with van der Waals surface area (Å²) in [5, 5.41) is 24.1. The van der Waals surface area contributed by atoms with E-state index in [-0.39, 0.29) is 22.9 Å². The average Bonchev–Trinajstić information content (AvgIpc) is 3.22. The van der Waals surface area contributed by atoms with E-state index in [4.69, 9.17) is 20.3 Å². The molecule has 6 atom stereocenters. The molecule has 1 aliphatic rings. The Bertz CT molecular complexity index is 1220. The number of aliphatic hydroxyl groups is 2. The number of imidazole rings is 1. The summed E-state index contributed by atoms with van der Waals surface area (Å²) in [5.41, 5.74) is 6.19. The third kappa shape index (κ3) is 7.05. The van der Waals surface area contributed by atoms with Crippen LogP contribution in [0.4, 0.5) is 11.8 Å². The number of nitrogens with zero attached hydrogens (tertiary/aromatic N) is 4. The SMILES string of the molecule is CCCCNc1nc2c(N)ncnc2n1[C@@H]1O[C@H](COP(=O)(O)OP(=O)(O)OP(=O)(O)O)[C@@H](O)[C@H]1O. The number of anilines is 2. The molecule has 0 radical (unpaired) electrons. The van der Waals surface area contributed by atoms with Crippen LogP contribution in [0.5, 0.6) is 0 Å². The quantitative estimate of drug-likeness (QED) is 0.117. The van der Waals surface area contributed by atoms with Crippen molar-refractivity contribution in [1.29, 1.82) is 0 Å². The van der Waals surface area contributed by atoms with Crippen LogP contribution in [0.2, 0.25) is 0 Å². The minimum atomic E-state index is -5.73. The summed E-state index contributed by atoms with van der Waals surface area (Å²) in [7, 11) is -16.8. The van der Waals surface area contributed by atoms with E-state index in [0.717, 1.165) is 19.2 Å². The van der Waals surface area contributed by atoms with Crippen molar-refractivity contribution in [3.63, 3.8) is 0 Å². The van der Waals surface area contributed by atoms with Crippen LogP contribution in [0.1, 0.15) is 26.0 Å². The first-order chi connectivity index (χ1) is 16.6. The molecule has 9 N–H and O–H groups in total. The Balaban J connectivity index is 1.79. The smallest absolute Gasteiger partial charge is 0.387 e. The number of rotatable bonds is 12. The van der Waals surface area contributed by atoms with E-state index in [9.17, 15) is 33.7 Å². The fraction of sp³-hybridized carbons (Fsp3) is 0.643. The second-order valence-corrected chi connectivity index (χ2v) is 11.9. The first kappa shape index (κ1) is 29.0. The lowest BCUT2D eigenvalue weighted by Gasteiger charge is -2.20. The van der Waals surface area contributed by atoms with Gasteiger partial charge in [0.25, 0.3) is 0 Å². The van der Waals surface area contributed by atoms with Gasteiger partial charge in [-0.25, -0.2) is 28.6 Å². The molecular weight excluding hydrogens is 553 g/mol. The lowest BCUT2D eigenvalue weighted by molar-refractivity contribution is -0.0493. The minimum Gasteiger partial charge on any atom is -0.387 e. The van der Waals surface area contributed by atoms with E-state index in [0.29, 0.717) is 6.54 Å². The Labute approximate surface area is 202 Å². The van der Waals surface area contributed by atoms with Gasteiger partial charge in [-0.3, -0.25) is 9.09 Å². The molecule has 0 saturated carbocycles. The Kier molecular flexibility index (Phi) is 8.90. The van der Waals surface area contributed by atoms with Crippen molar-refractivity contribution < 1.29 is 61.4 Å². The predicted octanol–water partition coefficient (Wildman–Crippen LogP) is -0.417. The summed E-state index contributed by atoms with van der Waals surface area (Å²) in [6.07, 6.45) is -3.41. The Morgan fingerprint density at radius 1 is 1.11 bits per heavy atom. The molecule has 3 rings (SSSR count). The van der Waals surface area contributed by atoms with E-state index < -0.39 is 54.6 Å². The topological polar surface area (TPSA) is 291 Å². The van der Waals surface area contributed by atoms with Gasteiger partial charge in [0.15, 0.2) is 23.2 Å². The van der Waals surface area contributed by atoms with E-state index in [2.05, 4.69) is 33.4 Å². The van der Waals surface area contributed by atoms with E-state index in [1.165, 1.54) is 4.57 Å². The maximum Gasteiger partial charge on any atom is 0.490 e. The predicted molar refractivity (Wildman–Crippen MR) is 119 cm³/mol. The van der Waals surface area contributed by atoms with E-state index >= 15 is 0 Å². The van der Waals surface area contributed by atoms with Crippen LogP contribution in [-0.2, 0) is 31.6 Å². The second-order valence-electron chi connectivity index (χ2n) is 7.45. The zero-order chi connectivity index (χ0) is 26.9. The summed E-state index contributed by atoms with van der Waals surface area (Å²) in [6, 6.07) is 0. The van der Waals surface area contributed by atoms with Gasteiger partial charge in [-0.2, -0.15) is 8.62 Å². The average molecular weight is 578 g/mol. The molecule has 0 bridgehead atoms. The first-order valence-corrected chi connectivity index (χ1v) is 14.7. The number of aliphatic hydroxyl groups excluding tert-OH is 2. The number of nitrogens with one attached hydrogen (secondary N) is 1. The lowest BCUT2D eigenvalue weighted by Crippen LogP contribution is -2.33. The van der Waals surface area contributed by atoms with E-state index in [1.54, 1.807) is 0 Å². The van der Waals surface area contributed by atoms with Crippen LogP contribution >= 0.6 is 23.5 Å². The lowest BCUT2D eigenvalue weighted by atomic mass is 10.1. The fourth-order valence-corrected chi connectivity index (χ4v) is 6.25. The highest BCUT2D eigenvalue weighted by Gasteiger charge is 2.47. The molecule has 1 fully saturated rings. The standard InChI is InChI=1S/C14H25N6O13P3/c1-2-3-4-16-14-19-8-11(15)17-6-18-12(8)20(14)13-10(22)9(21)7(31-13)5-30-35(26,27)33-36(28,29)32-34(23,24)25/h6-7,9-10,13,21-22H,2-5H2,1H3,(H,16,19)(H,26,27)(H,28,29)(H2,15,17,18)(H2,23,24,25)/t7-,9-,10-,13-/m1/s1. The molecule has 3 heterocycles. The molecular formula is C14H25N6O13P3. The van der Waals surface area contributed by atoms with Crippen LogP contribution in [0.3, 0.4) is 0 Å². The highest BCUT2D eigenvalue weighted by Crippen LogP contribution is 2.66. The van der Waals surface area contributed by atoms with Crippen LogP contribution in [0, 0.1) is 0 Å². The number of fused-ring (bicyclic) bond motifs is 1. The third-order valence-electron chi connectivity index (χ3n) is 4.73. The van der Waals surface area contributed by atoms with Gasteiger partial charge >= 0.3 is 23.5 Å². The molecule has 19 nitrogen and oxygen atoms in total. The van der Waals surface area contributed by atoms with E-state index in [1.807, 2.05) is 6.92 Å². The molecule has 0 amide bonds. The third-order valence-corrected chi connectivity index (χ3v) is 8.53. The van der Waals surface area contributed by atoms with Gasteiger partial charge in [0.2, 0.25) is 5.95 Å². The molecule has 1 saturated heterocycles. The zero-order valence-electron chi connectivity index (χ0n) is 18.5. The molecule has 2 unspecified atom stereocenters. The number of aromatic nitrogens is 4. The van der Waals surface area contributed by atoms with Gasteiger partial charge in [0, 0.05) is 6.54 Å². The van der Waals surface area contributed by atoms with Crippen molar-refractivity contribution >= 4 is 46.4 Å². The van der Waals surface area contributed by atoms with Gasteiger partial charge in [0.05, 0.1) is 6.61 Å². The van der Waals surface area contributed by atoms with Crippen LogP contribution < -0.4 is 11.1 Å². The summed E-state index contributed by atoms with van der Waals surface area (Å²) < 4.78 is 52.8. The van der Waals surface area contributed by atoms with Gasteiger partial charge in [-0.05, 0) is 6.42 Å². The van der Waals surface area contributed by atoms with Gasteiger partial charge in [-0.15, -0.1) is 0 Å². The Hall–Kier alpha value is -1.56. The molecule has 0 aliphatic carbocycles. The van der Waals surface area contributed by atoms with Crippen molar-refractivity contribution in [2.24, 2.45) is 0 Å². The summed E-state index contributed by atoms with van der Waals surface area (Å²) >= 11 is 0. The molecule has 36 heavy (non-hydrogen) atoms. The molecule has 0 spiro atoms. The van der Waals surface area contributed by atoms with Gasteiger partial charge in [-0.1, -0.05) is 13.3 Å². The van der Waals surface area contributed by atoms with Crippen LogP contribution in [0.25, 0.3) is 11.2 Å². The van der Waals surface area contributed by atoms with Crippen molar-refractivity contribution in [3.05, 3.63) is 6.33 Å². The molecule has 2 aromatic rings. The number of nitrogens with two attached hydrogens (primary N) is 1. The maximum absolute atomic E-state index is 12.0.